The van der Waals surface area contributed by atoms with Crippen LogP contribution in [0.25, 0.3) is 10.9 Å². The number of aliphatic hydroxyl groups is 5. The maximum Gasteiger partial charge on any atom is 0.194 e. The standard InChI is InChI=1S/C14H15BrClNO6/c15-14(12(16)21)11(20)13(22,9(18)10(19)23-14)8-5-6-3-1-2-4-7(6)17-8/h1-5,9-12,17-22H/t9-,10+,11-,12?,13+,14-/m0/s1. The Morgan fingerprint density at radius 3 is 2.52 bits per heavy atom. The van der Waals surface area contributed by atoms with Crippen LogP contribution in [-0.4, -0.2) is 59.1 Å². The molecule has 0 radical (unpaired) electrons. The molecule has 7 nitrogen and oxygen atoms in total. The first kappa shape index (κ1) is 17.1. The van der Waals surface area contributed by atoms with E-state index < -0.39 is 34.2 Å². The topological polar surface area (TPSA) is 126 Å². The van der Waals surface area contributed by atoms with Crippen LogP contribution < -0.4 is 0 Å². The van der Waals surface area contributed by atoms with Crippen molar-refractivity contribution in [1.82, 2.24) is 4.98 Å². The van der Waals surface area contributed by atoms with Gasteiger partial charge in [0.25, 0.3) is 0 Å². The summed E-state index contributed by atoms with van der Waals surface area (Å²) in [7, 11) is 0. The first-order valence-electron chi connectivity index (χ1n) is 6.75. The summed E-state index contributed by atoms with van der Waals surface area (Å²) in [6.07, 6.45) is -5.68. The summed E-state index contributed by atoms with van der Waals surface area (Å²) in [5.74, 6) is 0. The van der Waals surface area contributed by atoms with Crippen molar-refractivity contribution in [2.24, 2.45) is 0 Å². The molecule has 1 aliphatic rings. The molecular weight excluding hydrogens is 394 g/mol. The summed E-state index contributed by atoms with van der Waals surface area (Å²) in [6.45, 7) is 0. The van der Waals surface area contributed by atoms with E-state index in [1.807, 2.05) is 0 Å². The van der Waals surface area contributed by atoms with Crippen LogP contribution in [0.2, 0.25) is 0 Å². The molecule has 1 unspecified atom stereocenters. The molecule has 9 heteroatoms. The number of hydrogen-bond donors (Lipinski definition) is 6. The number of aromatic amines is 1. The number of aromatic nitrogens is 1. The highest BCUT2D eigenvalue weighted by molar-refractivity contribution is 9.10. The second-order valence-corrected chi connectivity index (χ2v) is 7.14. The minimum absolute atomic E-state index is 0.0437. The van der Waals surface area contributed by atoms with Crippen molar-refractivity contribution in [3.63, 3.8) is 0 Å². The first-order valence-corrected chi connectivity index (χ1v) is 7.98. The Kier molecular flexibility index (Phi) is 4.23. The molecule has 0 spiro atoms. The quantitative estimate of drug-likeness (QED) is 0.391. The number of ether oxygens (including phenoxy) is 1. The fraction of sp³-hybridized carbons (Fsp3) is 0.429. The Balaban J connectivity index is 2.15. The van der Waals surface area contributed by atoms with E-state index in [0.29, 0.717) is 5.52 Å². The Hall–Kier alpha value is -0.710. The van der Waals surface area contributed by atoms with E-state index in [1.54, 1.807) is 24.3 Å². The molecule has 2 aromatic rings. The Morgan fingerprint density at radius 2 is 1.91 bits per heavy atom. The molecule has 6 atom stereocenters. The van der Waals surface area contributed by atoms with E-state index in [9.17, 15) is 25.5 Å². The third kappa shape index (κ3) is 2.41. The second-order valence-electron chi connectivity index (χ2n) is 5.48. The molecule has 126 valence electrons. The fourth-order valence-electron chi connectivity index (χ4n) is 2.78. The highest BCUT2D eigenvalue weighted by atomic mass is 79.9. The molecule has 1 aromatic carbocycles. The molecule has 3 rings (SSSR count). The molecule has 1 aliphatic heterocycles. The van der Waals surface area contributed by atoms with Crippen LogP contribution in [0.15, 0.2) is 30.3 Å². The minimum Gasteiger partial charge on any atom is -0.385 e. The molecular formula is C14H15BrClNO6. The van der Waals surface area contributed by atoms with Crippen LogP contribution in [0.1, 0.15) is 5.69 Å². The largest absolute Gasteiger partial charge is 0.385 e. The lowest BCUT2D eigenvalue weighted by Crippen LogP contribution is -2.70. The number of halogens is 2. The van der Waals surface area contributed by atoms with Crippen LogP contribution in [0, 0.1) is 0 Å². The van der Waals surface area contributed by atoms with Gasteiger partial charge in [0.2, 0.25) is 0 Å². The average Bonchev–Trinajstić information content (AvgIpc) is 2.95. The summed E-state index contributed by atoms with van der Waals surface area (Å²) in [6, 6.07) is 8.59. The predicted molar refractivity (Wildman–Crippen MR) is 84.8 cm³/mol. The monoisotopic (exact) mass is 407 g/mol. The number of nitrogens with one attached hydrogen (secondary N) is 1. The highest BCUT2D eigenvalue weighted by Gasteiger charge is 2.64. The maximum absolute atomic E-state index is 11.0. The Morgan fingerprint density at radius 1 is 1.26 bits per heavy atom. The summed E-state index contributed by atoms with van der Waals surface area (Å²) in [5, 5.41) is 52.0. The zero-order chi connectivity index (χ0) is 17.0. The highest BCUT2D eigenvalue weighted by Crippen LogP contribution is 2.47. The summed E-state index contributed by atoms with van der Waals surface area (Å²) < 4.78 is 2.88. The normalized spacial score (nSPS) is 39.5. The van der Waals surface area contributed by atoms with Crippen molar-refractivity contribution in [1.29, 1.82) is 0 Å². The van der Waals surface area contributed by atoms with Crippen molar-refractivity contribution in [2.45, 2.75) is 34.2 Å². The van der Waals surface area contributed by atoms with Gasteiger partial charge in [-0.1, -0.05) is 29.8 Å². The second kappa shape index (κ2) is 5.68. The number of rotatable bonds is 2. The van der Waals surface area contributed by atoms with Gasteiger partial charge in [-0.05, 0) is 33.4 Å². The van der Waals surface area contributed by atoms with Gasteiger partial charge >= 0.3 is 0 Å². The number of H-pyrrole nitrogens is 1. The van der Waals surface area contributed by atoms with Gasteiger partial charge in [-0.25, -0.2) is 0 Å². The fourth-order valence-corrected chi connectivity index (χ4v) is 3.49. The molecule has 1 fully saturated rings. The SMILES string of the molecule is OC(Cl)[C@@]1(Br)O[C@@H](O)[C@H](O)[C@](O)(c2cc3ccccc3[nH]2)[C@@H]1O. The van der Waals surface area contributed by atoms with E-state index >= 15 is 0 Å². The first-order chi connectivity index (χ1) is 10.7. The third-order valence-electron chi connectivity index (χ3n) is 4.10. The van der Waals surface area contributed by atoms with E-state index in [0.717, 1.165) is 5.39 Å². The maximum atomic E-state index is 11.0. The minimum atomic E-state index is -2.37. The molecule has 0 amide bonds. The zero-order valence-corrected chi connectivity index (χ0v) is 13.9. The third-order valence-corrected chi connectivity index (χ3v) is 5.74. The number of hydrogen-bond acceptors (Lipinski definition) is 6. The van der Waals surface area contributed by atoms with E-state index in [4.69, 9.17) is 16.3 Å². The molecule has 1 aromatic heterocycles. The summed E-state index contributed by atoms with van der Waals surface area (Å²) in [4.78, 5) is 2.88. The van der Waals surface area contributed by atoms with Crippen molar-refractivity contribution in [3.05, 3.63) is 36.0 Å². The van der Waals surface area contributed by atoms with Gasteiger partial charge in [0, 0.05) is 5.52 Å². The van der Waals surface area contributed by atoms with Crippen LogP contribution in [0.5, 0.6) is 0 Å². The number of alkyl halides is 2. The van der Waals surface area contributed by atoms with Crippen LogP contribution in [0.3, 0.4) is 0 Å². The van der Waals surface area contributed by atoms with E-state index in [2.05, 4.69) is 20.9 Å². The number of aliphatic hydroxyl groups excluding tert-OH is 4. The van der Waals surface area contributed by atoms with Crippen LogP contribution >= 0.6 is 27.5 Å². The molecule has 1 saturated heterocycles. The molecule has 0 saturated carbocycles. The van der Waals surface area contributed by atoms with Gasteiger partial charge in [0.15, 0.2) is 22.0 Å². The number of para-hydroxylation sites is 1. The molecule has 23 heavy (non-hydrogen) atoms. The van der Waals surface area contributed by atoms with Crippen LogP contribution in [0.4, 0.5) is 0 Å². The van der Waals surface area contributed by atoms with Gasteiger partial charge in [0.05, 0.1) is 5.69 Å². The van der Waals surface area contributed by atoms with Crippen molar-refractivity contribution in [2.75, 3.05) is 0 Å². The Labute approximate surface area is 144 Å². The zero-order valence-electron chi connectivity index (χ0n) is 11.6. The summed E-state index contributed by atoms with van der Waals surface area (Å²) in [5.41, 5.74) is -3.48. The molecule has 6 N–H and O–H groups in total. The van der Waals surface area contributed by atoms with Crippen molar-refractivity contribution >= 4 is 38.4 Å². The summed E-state index contributed by atoms with van der Waals surface area (Å²) >= 11 is 8.52. The van der Waals surface area contributed by atoms with Crippen molar-refractivity contribution < 1.29 is 30.3 Å². The van der Waals surface area contributed by atoms with Gasteiger partial charge in [-0.15, -0.1) is 0 Å². The lowest BCUT2D eigenvalue weighted by molar-refractivity contribution is -0.338. The van der Waals surface area contributed by atoms with Crippen LogP contribution in [-0.2, 0) is 10.3 Å². The smallest absolute Gasteiger partial charge is 0.194 e. The van der Waals surface area contributed by atoms with E-state index in [-0.39, 0.29) is 5.69 Å². The predicted octanol–water partition coefficient (Wildman–Crippen LogP) is 0.0743. The van der Waals surface area contributed by atoms with Crippen molar-refractivity contribution in [3.8, 4) is 0 Å². The average molecular weight is 409 g/mol. The molecule has 0 aliphatic carbocycles. The molecule has 0 bridgehead atoms. The lowest BCUT2D eigenvalue weighted by Gasteiger charge is -2.50. The van der Waals surface area contributed by atoms with Gasteiger partial charge in [-0.3, -0.25) is 0 Å². The lowest BCUT2D eigenvalue weighted by atomic mass is 9.81. The van der Waals surface area contributed by atoms with Gasteiger partial charge < -0.3 is 35.3 Å². The van der Waals surface area contributed by atoms with Gasteiger partial charge in [0.1, 0.15) is 12.2 Å². The molecule has 2 heterocycles. The number of benzene rings is 1. The van der Waals surface area contributed by atoms with Gasteiger partial charge in [-0.2, -0.15) is 0 Å². The van der Waals surface area contributed by atoms with E-state index in [1.165, 1.54) is 6.07 Å². The number of fused-ring (bicyclic) bond motifs is 1. The Bertz CT molecular complexity index is 693.